The minimum Gasteiger partial charge on any atom is -0.481 e. The second kappa shape index (κ2) is 5.50. The maximum Gasteiger partial charge on any atom is 0.573 e. The monoisotopic (exact) mass is 276 g/mol. The smallest absolute Gasteiger partial charge is 0.481 e. The summed E-state index contributed by atoms with van der Waals surface area (Å²) in [6, 6.07) is 0. The van der Waals surface area contributed by atoms with Crippen molar-refractivity contribution in [3.8, 4) is 0 Å². The standard InChI is InChI=1S/C13H15F3O3/c1-3-4-10(19-13(14,15)16)6-5-9(2)12(7-8-12)11(17)18/h3-6,9H,1,7-8H2,2H3,(H,17,18)/b6-5-,10-4+. The van der Waals surface area contributed by atoms with E-state index in [0.717, 1.165) is 12.2 Å². The van der Waals surface area contributed by atoms with Crippen molar-refractivity contribution in [3.05, 3.63) is 36.6 Å². The number of hydrogen-bond donors (Lipinski definition) is 1. The molecule has 1 fully saturated rings. The number of ether oxygens (including phenoxy) is 1. The normalized spacial score (nSPS) is 20.1. The molecule has 1 N–H and O–H groups in total. The van der Waals surface area contributed by atoms with Crippen LogP contribution in [-0.4, -0.2) is 17.4 Å². The largest absolute Gasteiger partial charge is 0.573 e. The maximum atomic E-state index is 12.1. The highest BCUT2D eigenvalue weighted by Crippen LogP contribution is 2.52. The van der Waals surface area contributed by atoms with Crippen LogP contribution in [0.5, 0.6) is 0 Å². The number of carbonyl (C=O) groups is 1. The fourth-order valence-corrected chi connectivity index (χ4v) is 1.80. The second-order valence-electron chi connectivity index (χ2n) is 4.46. The van der Waals surface area contributed by atoms with Crippen LogP contribution in [-0.2, 0) is 9.53 Å². The van der Waals surface area contributed by atoms with Gasteiger partial charge in [-0.15, -0.1) is 13.2 Å². The van der Waals surface area contributed by atoms with E-state index < -0.39 is 23.5 Å². The Morgan fingerprint density at radius 1 is 1.47 bits per heavy atom. The van der Waals surface area contributed by atoms with Crippen molar-refractivity contribution in [3.63, 3.8) is 0 Å². The highest BCUT2D eigenvalue weighted by molar-refractivity contribution is 5.78. The van der Waals surface area contributed by atoms with Gasteiger partial charge in [0.1, 0.15) is 5.76 Å². The molecule has 0 amide bonds. The first kappa shape index (κ1) is 15.3. The number of alkyl halides is 3. The van der Waals surface area contributed by atoms with Crippen LogP contribution in [0.15, 0.2) is 36.6 Å². The Bertz CT molecular complexity index is 417. The van der Waals surface area contributed by atoms with Gasteiger partial charge in [0.05, 0.1) is 5.41 Å². The molecule has 0 spiro atoms. The fourth-order valence-electron chi connectivity index (χ4n) is 1.80. The molecule has 6 heteroatoms. The lowest BCUT2D eigenvalue weighted by atomic mass is 9.90. The van der Waals surface area contributed by atoms with E-state index in [2.05, 4.69) is 11.3 Å². The zero-order chi connectivity index (χ0) is 14.7. The molecule has 0 bridgehead atoms. The van der Waals surface area contributed by atoms with Crippen molar-refractivity contribution in [2.24, 2.45) is 11.3 Å². The molecule has 0 radical (unpaired) electrons. The van der Waals surface area contributed by atoms with Gasteiger partial charge in [-0.1, -0.05) is 25.7 Å². The molecule has 1 aliphatic rings. The average molecular weight is 276 g/mol. The average Bonchev–Trinajstić information content (AvgIpc) is 3.04. The zero-order valence-corrected chi connectivity index (χ0v) is 10.4. The van der Waals surface area contributed by atoms with E-state index >= 15 is 0 Å². The lowest BCUT2D eigenvalue weighted by Crippen LogP contribution is -2.21. The summed E-state index contributed by atoms with van der Waals surface area (Å²) < 4.78 is 40.1. The van der Waals surface area contributed by atoms with Gasteiger partial charge in [-0.05, 0) is 30.9 Å². The summed E-state index contributed by atoms with van der Waals surface area (Å²) in [5.41, 5.74) is -0.839. The Morgan fingerprint density at radius 2 is 2.05 bits per heavy atom. The summed E-state index contributed by atoms with van der Waals surface area (Å²) in [5.74, 6) is -1.71. The summed E-state index contributed by atoms with van der Waals surface area (Å²) in [6.07, 6.45) is 1.07. The van der Waals surface area contributed by atoms with Gasteiger partial charge in [0.15, 0.2) is 0 Å². The van der Waals surface area contributed by atoms with Gasteiger partial charge in [0.2, 0.25) is 0 Å². The van der Waals surface area contributed by atoms with Crippen LogP contribution in [0.3, 0.4) is 0 Å². The van der Waals surface area contributed by atoms with E-state index in [1.807, 2.05) is 0 Å². The first-order valence-corrected chi connectivity index (χ1v) is 5.71. The van der Waals surface area contributed by atoms with E-state index in [-0.39, 0.29) is 5.92 Å². The Balaban J connectivity index is 2.75. The molecular weight excluding hydrogens is 261 g/mol. The number of carboxylic acids is 1. The van der Waals surface area contributed by atoms with Gasteiger partial charge in [0.25, 0.3) is 0 Å². The third kappa shape index (κ3) is 4.15. The van der Waals surface area contributed by atoms with Crippen molar-refractivity contribution in [1.29, 1.82) is 0 Å². The highest BCUT2D eigenvalue weighted by atomic mass is 19.4. The third-order valence-electron chi connectivity index (χ3n) is 3.15. The van der Waals surface area contributed by atoms with Crippen LogP contribution in [0.25, 0.3) is 0 Å². The third-order valence-corrected chi connectivity index (χ3v) is 3.15. The lowest BCUT2D eigenvalue weighted by Gasteiger charge is -2.15. The predicted octanol–water partition coefficient (Wildman–Crippen LogP) is 3.65. The van der Waals surface area contributed by atoms with Crippen LogP contribution in [0.4, 0.5) is 13.2 Å². The first-order valence-electron chi connectivity index (χ1n) is 5.71. The molecule has 0 aliphatic heterocycles. The number of hydrogen-bond acceptors (Lipinski definition) is 2. The summed E-state index contributed by atoms with van der Waals surface area (Å²) >= 11 is 0. The second-order valence-corrected chi connectivity index (χ2v) is 4.46. The molecule has 106 valence electrons. The van der Waals surface area contributed by atoms with E-state index in [9.17, 15) is 18.0 Å². The van der Waals surface area contributed by atoms with Gasteiger partial charge in [0, 0.05) is 0 Å². The van der Waals surface area contributed by atoms with Gasteiger partial charge in [-0.25, -0.2) is 0 Å². The van der Waals surface area contributed by atoms with Crippen LogP contribution in [0.1, 0.15) is 19.8 Å². The quantitative estimate of drug-likeness (QED) is 0.595. The van der Waals surface area contributed by atoms with E-state index in [1.54, 1.807) is 6.92 Å². The van der Waals surface area contributed by atoms with Gasteiger partial charge < -0.3 is 9.84 Å². The zero-order valence-electron chi connectivity index (χ0n) is 10.4. The fraction of sp³-hybridized carbons (Fsp3) is 0.462. The molecule has 1 aliphatic carbocycles. The summed E-state index contributed by atoms with van der Waals surface area (Å²) in [6.45, 7) is 4.96. The Hall–Kier alpha value is -1.72. The Morgan fingerprint density at radius 3 is 2.42 bits per heavy atom. The number of allylic oxidation sites excluding steroid dienone is 4. The highest BCUT2D eigenvalue weighted by Gasteiger charge is 2.53. The predicted molar refractivity (Wildman–Crippen MR) is 63.0 cm³/mol. The van der Waals surface area contributed by atoms with E-state index in [0.29, 0.717) is 12.8 Å². The molecule has 1 saturated carbocycles. The van der Waals surface area contributed by atoms with Crippen LogP contribution >= 0.6 is 0 Å². The van der Waals surface area contributed by atoms with Crippen LogP contribution < -0.4 is 0 Å². The molecule has 0 aromatic carbocycles. The Kier molecular flexibility index (Phi) is 4.44. The number of carboxylic acid groups (broad SMARTS) is 1. The van der Waals surface area contributed by atoms with Gasteiger partial charge >= 0.3 is 12.3 Å². The van der Waals surface area contributed by atoms with E-state index in [1.165, 1.54) is 12.2 Å². The summed E-state index contributed by atoms with van der Waals surface area (Å²) in [7, 11) is 0. The first-order chi connectivity index (χ1) is 8.71. The molecule has 0 aromatic rings. The maximum absolute atomic E-state index is 12.1. The summed E-state index contributed by atoms with van der Waals surface area (Å²) in [5, 5.41) is 9.05. The number of aliphatic carboxylic acids is 1. The van der Waals surface area contributed by atoms with Crippen LogP contribution in [0.2, 0.25) is 0 Å². The lowest BCUT2D eigenvalue weighted by molar-refractivity contribution is -0.303. The SMILES string of the molecule is C=C/C=C(\C=C/C(C)C1(C(=O)O)CC1)OC(F)(F)F. The molecule has 0 heterocycles. The molecular formula is C13H15F3O3. The number of rotatable bonds is 6. The minimum absolute atomic E-state index is 0.366. The molecule has 0 saturated heterocycles. The number of halogens is 3. The topological polar surface area (TPSA) is 46.5 Å². The molecule has 1 unspecified atom stereocenters. The van der Waals surface area contributed by atoms with Crippen molar-refractivity contribution in [2.45, 2.75) is 26.1 Å². The summed E-state index contributed by atoms with van der Waals surface area (Å²) in [4.78, 5) is 11.0. The minimum atomic E-state index is -4.79. The van der Waals surface area contributed by atoms with Crippen molar-refractivity contribution in [2.75, 3.05) is 0 Å². The van der Waals surface area contributed by atoms with Crippen LogP contribution in [0, 0.1) is 11.3 Å². The van der Waals surface area contributed by atoms with Gasteiger partial charge in [-0.3, -0.25) is 4.79 Å². The molecule has 1 atom stereocenters. The van der Waals surface area contributed by atoms with Gasteiger partial charge in [-0.2, -0.15) is 0 Å². The van der Waals surface area contributed by atoms with Crippen molar-refractivity contribution < 1.29 is 27.8 Å². The van der Waals surface area contributed by atoms with Crippen molar-refractivity contribution in [1.82, 2.24) is 0 Å². The Labute approximate surface area is 109 Å². The molecule has 1 rings (SSSR count). The van der Waals surface area contributed by atoms with Crippen molar-refractivity contribution >= 4 is 5.97 Å². The molecule has 3 nitrogen and oxygen atoms in total. The molecule has 0 aromatic heterocycles. The molecule has 19 heavy (non-hydrogen) atoms. The van der Waals surface area contributed by atoms with E-state index in [4.69, 9.17) is 5.11 Å².